The van der Waals surface area contributed by atoms with Crippen molar-refractivity contribution in [3.8, 4) is 0 Å². The van der Waals surface area contributed by atoms with Gasteiger partial charge in [0, 0.05) is 36.8 Å². The number of hydrogen-bond acceptors (Lipinski definition) is 3. The summed E-state index contributed by atoms with van der Waals surface area (Å²) in [5, 5.41) is 0.999. The molecule has 4 heteroatoms. The number of piperidine rings is 1. The van der Waals surface area contributed by atoms with Crippen molar-refractivity contribution in [2.24, 2.45) is 0 Å². The van der Waals surface area contributed by atoms with E-state index >= 15 is 0 Å². The van der Waals surface area contributed by atoms with Crippen molar-refractivity contribution in [2.75, 3.05) is 26.2 Å². The number of rotatable bonds is 1. The highest BCUT2D eigenvalue weighted by molar-refractivity contribution is 6.07. The lowest BCUT2D eigenvalue weighted by molar-refractivity contribution is 0.0373. The Kier molecular flexibility index (Phi) is 4.24. The maximum Gasteiger partial charge on any atom is 0.254 e. The monoisotopic (exact) mass is 337 g/mol. The first-order valence-electron chi connectivity index (χ1n) is 9.45. The highest BCUT2D eigenvalue weighted by Gasteiger charge is 2.32. The van der Waals surface area contributed by atoms with Crippen molar-refractivity contribution in [1.29, 1.82) is 0 Å². The topological polar surface area (TPSA) is 36.4 Å². The van der Waals surface area contributed by atoms with E-state index in [1.54, 1.807) is 0 Å². The van der Waals surface area contributed by atoms with E-state index in [0.29, 0.717) is 6.04 Å². The van der Waals surface area contributed by atoms with Gasteiger partial charge < -0.3 is 4.90 Å². The van der Waals surface area contributed by atoms with Crippen molar-refractivity contribution in [2.45, 2.75) is 46.1 Å². The van der Waals surface area contributed by atoms with E-state index in [1.165, 1.54) is 31.4 Å². The minimum atomic E-state index is 0.184. The van der Waals surface area contributed by atoms with Gasteiger partial charge in [-0.05, 0) is 57.9 Å². The van der Waals surface area contributed by atoms with Crippen LogP contribution in [0.15, 0.2) is 18.2 Å². The van der Waals surface area contributed by atoms with Crippen LogP contribution in [-0.4, -0.2) is 52.9 Å². The van der Waals surface area contributed by atoms with E-state index in [-0.39, 0.29) is 5.91 Å². The van der Waals surface area contributed by atoms with Gasteiger partial charge in [0.1, 0.15) is 0 Å². The van der Waals surface area contributed by atoms with Crippen LogP contribution in [0.3, 0.4) is 0 Å². The van der Waals surface area contributed by atoms with E-state index in [0.717, 1.165) is 47.4 Å². The van der Waals surface area contributed by atoms with E-state index in [1.807, 2.05) is 19.9 Å². The van der Waals surface area contributed by atoms with Crippen molar-refractivity contribution >= 4 is 16.8 Å². The maximum atomic E-state index is 13.5. The molecule has 0 spiro atoms. The third-order valence-corrected chi connectivity index (χ3v) is 5.97. The number of pyridine rings is 1. The average Bonchev–Trinajstić information content (AvgIpc) is 2.62. The molecule has 2 aromatic rings. The number of fused-ring (bicyclic) bond motifs is 2. The van der Waals surface area contributed by atoms with Gasteiger partial charge >= 0.3 is 0 Å². The molecule has 1 aromatic heterocycles. The minimum Gasteiger partial charge on any atom is -0.336 e. The summed E-state index contributed by atoms with van der Waals surface area (Å²) in [5.74, 6) is 0.184. The smallest absolute Gasteiger partial charge is 0.254 e. The number of nitrogens with zero attached hydrogens (tertiary/aromatic N) is 3. The SMILES string of the molecule is Cc1ccc2nc(C)c(C)c(C(=O)N3CCN4CCCC[C@H]4C3)c2c1. The van der Waals surface area contributed by atoms with E-state index in [9.17, 15) is 4.79 Å². The molecule has 0 unspecified atom stereocenters. The molecule has 2 aliphatic rings. The number of carbonyl (C=O) groups is 1. The number of carbonyl (C=O) groups excluding carboxylic acids is 1. The van der Waals surface area contributed by atoms with Gasteiger partial charge in [-0.3, -0.25) is 14.7 Å². The summed E-state index contributed by atoms with van der Waals surface area (Å²) >= 11 is 0. The summed E-state index contributed by atoms with van der Waals surface area (Å²) in [6.07, 6.45) is 3.81. The summed E-state index contributed by atoms with van der Waals surface area (Å²) in [5.41, 5.74) is 4.93. The van der Waals surface area contributed by atoms with Gasteiger partial charge in [0.2, 0.25) is 0 Å². The number of benzene rings is 1. The Hall–Kier alpha value is -1.94. The molecule has 2 aliphatic heterocycles. The van der Waals surface area contributed by atoms with Crippen LogP contribution >= 0.6 is 0 Å². The van der Waals surface area contributed by atoms with Crippen LogP contribution in [0.5, 0.6) is 0 Å². The quantitative estimate of drug-likeness (QED) is 0.799. The van der Waals surface area contributed by atoms with Gasteiger partial charge in [-0.2, -0.15) is 0 Å². The van der Waals surface area contributed by atoms with Crippen LogP contribution in [0.1, 0.15) is 46.4 Å². The van der Waals surface area contributed by atoms with Crippen molar-refractivity contribution in [3.05, 3.63) is 40.6 Å². The van der Waals surface area contributed by atoms with E-state index < -0.39 is 0 Å². The Bertz CT molecular complexity index is 829. The first-order chi connectivity index (χ1) is 12.0. The fraction of sp³-hybridized carbons (Fsp3) is 0.524. The molecule has 1 aromatic carbocycles. The van der Waals surface area contributed by atoms with Crippen molar-refractivity contribution < 1.29 is 4.79 Å². The zero-order valence-corrected chi connectivity index (χ0v) is 15.5. The molecule has 1 amide bonds. The van der Waals surface area contributed by atoms with Crippen LogP contribution in [0.25, 0.3) is 10.9 Å². The molecule has 4 rings (SSSR count). The number of hydrogen-bond donors (Lipinski definition) is 0. The Balaban J connectivity index is 1.72. The second-order valence-electron chi connectivity index (χ2n) is 7.65. The molecule has 0 radical (unpaired) electrons. The highest BCUT2D eigenvalue weighted by atomic mass is 16.2. The largest absolute Gasteiger partial charge is 0.336 e. The molecule has 3 heterocycles. The van der Waals surface area contributed by atoms with Gasteiger partial charge in [0.05, 0.1) is 11.1 Å². The van der Waals surface area contributed by atoms with Gasteiger partial charge in [-0.1, -0.05) is 18.1 Å². The number of piperazine rings is 1. The van der Waals surface area contributed by atoms with Gasteiger partial charge in [-0.25, -0.2) is 0 Å². The molecule has 0 saturated carbocycles. The number of aryl methyl sites for hydroxylation is 2. The van der Waals surface area contributed by atoms with Crippen molar-refractivity contribution in [1.82, 2.24) is 14.8 Å². The van der Waals surface area contributed by atoms with Gasteiger partial charge in [0.15, 0.2) is 0 Å². The molecular formula is C21H27N3O. The Morgan fingerprint density at radius 3 is 2.80 bits per heavy atom. The second kappa shape index (κ2) is 6.41. The van der Waals surface area contributed by atoms with E-state index in [4.69, 9.17) is 4.98 Å². The summed E-state index contributed by atoms with van der Waals surface area (Å²) in [4.78, 5) is 22.8. The van der Waals surface area contributed by atoms with Gasteiger partial charge in [0.25, 0.3) is 5.91 Å². The third kappa shape index (κ3) is 2.93. The van der Waals surface area contributed by atoms with Crippen LogP contribution in [0.4, 0.5) is 0 Å². The minimum absolute atomic E-state index is 0.184. The van der Waals surface area contributed by atoms with Gasteiger partial charge in [-0.15, -0.1) is 0 Å². The lowest BCUT2D eigenvalue weighted by Gasteiger charge is -2.44. The zero-order chi connectivity index (χ0) is 17.6. The average molecular weight is 337 g/mol. The summed E-state index contributed by atoms with van der Waals surface area (Å²) < 4.78 is 0. The number of aromatic nitrogens is 1. The highest BCUT2D eigenvalue weighted by Crippen LogP contribution is 2.28. The third-order valence-electron chi connectivity index (χ3n) is 5.97. The summed E-state index contributed by atoms with van der Waals surface area (Å²) in [7, 11) is 0. The Morgan fingerprint density at radius 1 is 1.12 bits per heavy atom. The van der Waals surface area contributed by atoms with Crippen molar-refractivity contribution in [3.63, 3.8) is 0 Å². The molecule has 0 aliphatic carbocycles. The molecule has 0 bridgehead atoms. The molecule has 2 fully saturated rings. The molecule has 2 saturated heterocycles. The molecule has 4 nitrogen and oxygen atoms in total. The normalized spacial score (nSPS) is 21.4. The first kappa shape index (κ1) is 16.5. The molecule has 25 heavy (non-hydrogen) atoms. The van der Waals surface area contributed by atoms with E-state index in [2.05, 4.69) is 28.9 Å². The first-order valence-corrected chi connectivity index (χ1v) is 9.45. The fourth-order valence-electron chi connectivity index (χ4n) is 4.37. The Labute approximate surface area is 149 Å². The maximum absolute atomic E-state index is 13.5. The zero-order valence-electron chi connectivity index (χ0n) is 15.5. The molecule has 0 N–H and O–H groups in total. The molecule has 1 atom stereocenters. The van der Waals surface area contributed by atoms with Crippen LogP contribution in [0.2, 0.25) is 0 Å². The molecular weight excluding hydrogens is 310 g/mol. The number of amides is 1. The summed E-state index contributed by atoms with van der Waals surface area (Å²) in [6.45, 7) is 10.0. The predicted octanol–water partition coefficient (Wildman–Crippen LogP) is 3.47. The van der Waals surface area contributed by atoms with Crippen LogP contribution in [0, 0.1) is 20.8 Å². The fourth-order valence-corrected chi connectivity index (χ4v) is 4.37. The molecule has 132 valence electrons. The van der Waals surface area contributed by atoms with Crippen LogP contribution < -0.4 is 0 Å². The summed E-state index contributed by atoms with van der Waals surface area (Å²) in [6, 6.07) is 6.76. The predicted molar refractivity (Wildman–Crippen MR) is 101 cm³/mol. The standard InChI is InChI=1S/C21H27N3O/c1-14-7-8-19-18(12-14)20(15(2)16(3)22-19)21(25)24-11-10-23-9-5-4-6-17(23)13-24/h7-8,12,17H,4-6,9-11,13H2,1-3H3/t17-/m0/s1. The lowest BCUT2D eigenvalue weighted by atomic mass is 9.96. The Morgan fingerprint density at radius 2 is 1.96 bits per heavy atom. The van der Waals surface area contributed by atoms with Crippen LogP contribution in [-0.2, 0) is 0 Å². The lowest BCUT2D eigenvalue weighted by Crippen LogP contribution is -2.56. The second-order valence-corrected chi connectivity index (χ2v) is 7.65.